The predicted octanol–water partition coefficient (Wildman–Crippen LogP) is 9.40. The summed E-state index contributed by atoms with van der Waals surface area (Å²) in [7, 11) is 4.87. The third-order valence-corrected chi connectivity index (χ3v) is 14.5. The van der Waals surface area contributed by atoms with Crippen molar-refractivity contribution >= 4 is 52.3 Å². The largest absolute Gasteiger partial charge is 0.493 e. The molecule has 0 saturated heterocycles. The van der Waals surface area contributed by atoms with Crippen LogP contribution in [0.15, 0.2) is 96.0 Å². The quantitative estimate of drug-likeness (QED) is 0.0639. The highest BCUT2D eigenvalue weighted by Crippen LogP contribution is 2.46. The van der Waals surface area contributed by atoms with Gasteiger partial charge in [0.2, 0.25) is 0 Å². The molecule has 0 saturated carbocycles. The molecule has 15 heteroatoms. The lowest BCUT2D eigenvalue weighted by Gasteiger charge is -2.35. The Kier molecular flexibility index (Phi) is 15.6. The summed E-state index contributed by atoms with van der Waals surface area (Å²) in [5.41, 5.74) is 9.63. The number of carbonyl (C=O) groups is 1. The normalized spacial score (nSPS) is 17.6. The molecular formula is C56H67N5O9S. The molecule has 5 aromatic carbocycles. The van der Waals surface area contributed by atoms with Crippen LogP contribution in [0.3, 0.4) is 0 Å². The van der Waals surface area contributed by atoms with E-state index in [2.05, 4.69) is 68.2 Å². The molecule has 0 aliphatic carbocycles. The number of nitrogens with zero attached hydrogens (tertiary/aromatic N) is 4. The Morgan fingerprint density at radius 3 is 2.14 bits per heavy atom. The van der Waals surface area contributed by atoms with Crippen molar-refractivity contribution in [1.29, 1.82) is 0 Å². The van der Waals surface area contributed by atoms with Gasteiger partial charge in [-0.25, -0.2) is 0 Å². The van der Waals surface area contributed by atoms with Gasteiger partial charge in [0, 0.05) is 78.9 Å². The Morgan fingerprint density at radius 1 is 0.789 bits per heavy atom. The van der Waals surface area contributed by atoms with Crippen LogP contribution < -0.4 is 39.0 Å². The molecule has 0 aromatic heterocycles. The summed E-state index contributed by atoms with van der Waals surface area (Å²) in [5, 5.41) is 15.8. The zero-order valence-electron chi connectivity index (χ0n) is 41.9. The number of hydrogen-bond acceptors (Lipinski definition) is 14. The van der Waals surface area contributed by atoms with Crippen molar-refractivity contribution in [3.63, 3.8) is 0 Å². The fraction of sp³-hybridized carbons (Fsp3) is 0.429. The van der Waals surface area contributed by atoms with Crippen molar-refractivity contribution in [3.05, 3.63) is 124 Å². The van der Waals surface area contributed by atoms with Gasteiger partial charge in [-0.05, 0) is 90.2 Å². The molecule has 2 N–H and O–H groups in total. The lowest BCUT2D eigenvalue weighted by molar-refractivity contribution is 0.0264. The van der Waals surface area contributed by atoms with Gasteiger partial charge >= 0.3 is 0 Å². The molecule has 376 valence electrons. The molecule has 0 fully saturated rings. The minimum atomic E-state index is -0.927. The molecular weight excluding hydrogens is 919 g/mol. The van der Waals surface area contributed by atoms with Crippen LogP contribution >= 0.6 is 11.8 Å². The maximum absolute atomic E-state index is 14.2. The second kappa shape index (κ2) is 22.2. The first kappa shape index (κ1) is 50.0. The van der Waals surface area contributed by atoms with Gasteiger partial charge in [-0.1, -0.05) is 50.2 Å². The lowest BCUT2D eigenvalue weighted by Crippen LogP contribution is -2.39. The Morgan fingerprint density at radius 2 is 1.44 bits per heavy atom. The number of aliphatic hydroxyl groups excluding tert-OH is 1. The van der Waals surface area contributed by atoms with Gasteiger partial charge < -0.3 is 58.3 Å². The number of benzene rings is 5. The maximum atomic E-state index is 14.2. The minimum absolute atomic E-state index is 0.00139. The summed E-state index contributed by atoms with van der Waals surface area (Å²) in [4.78, 5) is 25.4. The van der Waals surface area contributed by atoms with Crippen molar-refractivity contribution in [2.45, 2.75) is 82.1 Å². The molecule has 3 atom stereocenters. The van der Waals surface area contributed by atoms with Crippen LogP contribution in [0, 0.1) is 0 Å². The number of hydrogen-bond donors (Lipinski definition) is 2. The second-order valence-corrected chi connectivity index (χ2v) is 21.5. The molecule has 1 amide bonds. The molecule has 5 aromatic rings. The standard InChI is InChI=1S/C56H67N5O9S/c1-36(2)71-56(3,4)35-59(16-17-67-20-21-68-19-18-64-5)41-23-37(33-69-52-29-46-44(27-50(52)65-6)54(62)60-42(31-57-46)25-39-12-8-10-14-48(39)60)22-38(24-41)34-70-53-30-47-45(28-51(53)66-7)55(63)61-43(32-58-47)26-40-13-9-11-15-49(40)61/h8-15,22-24,27-31,36,42-43,54,58,62H,16-21,25-26,32-35H2,1-7H3. The summed E-state index contributed by atoms with van der Waals surface area (Å²) >= 11 is 1.94. The number of nitrogens with one attached hydrogen (secondary N) is 1. The number of aliphatic imine (C=N–C) groups is 1. The van der Waals surface area contributed by atoms with E-state index in [0.717, 1.165) is 47.6 Å². The number of thioether (sulfide) groups is 1. The molecule has 4 heterocycles. The molecule has 0 spiro atoms. The van der Waals surface area contributed by atoms with Gasteiger partial charge in [-0.3, -0.25) is 9.79 Å². The van der Waals surface area contributed by atoms with Gasteiger partial charge in [0.15, 0.2) is 29.2 Å². The number of para-hydroxylation sites is 2. The summed E-state index contributed by atoms with van der Waals surface area (Å²) in [6.45, 7) is 13.9. The van der Waals surface area contributed by atoms with E-state index in [0.29, 0.717) is 96.9 Å². The van der Waals surface area contributed by atoms with E-state index in [-0.39, 0.29) is 36.0 Å². The average Bonchev–Trinajstić information content (AvgIpc) is 3.85. The Hall–Kier alpha value is -5.97. The second-order valence-electron chi connectivity index (χ2n) is 19.3. The fourth-order valence-electron chi connectivity index (χ4n) is 10.2. The minimum Gasteiger partial charge on any atom is -0.493 e. The zero-order valence-corrected chi connectivity index (χ0v) is 42.8. The molecule has 0 bridgehead atoms. The van der Waals surface area contributed by atoms with E-state index in [1.807, 2.05) is 82.4 Å². The third kappa shape index (κ3) is 11.2. The SMILES string of the molecule is COCCOCCOCCN(CC(C)(C)SC(C)C)c1cc(COc2cc3c(cc2OC)C(O)N2c4ccccc4CC2C=N3)cc(COc2cc3c(cc2OC)C(=O)N2c4ccccc4CC2CN3)c1. The number of aliphatic hydroxyl groups is 1. The van der Waals surface area contributed by atoms with E-state index in [1.165, 1.54) is 11.1 Å². The van der Waals surface area contributed by atoms with Crippen LogP contribution in [0.25, 0.3) is 0 Å². The van der Waals surface area contributed by atoms with E-state index in [1.54, 1.807) is 27.4 Å². The number of amides is 1. The lowest BCUT2D eigenvalue weighted by atomic mass is 10.1. The first-order valence-electron chi connectivity index (χ1n) is 24.6. The van der Waals surface area contributed by atoms with Gasteiger partial charge in [0.25, 0.3) is 5.91 Å². The van der Waals surface area contributed by atoms with Crippen molar-refractivity contribution in [2.24, 2.45) is 4.99 Å². The summed E-state index contributed by atoms with van der Waals surface area (Å²) in [6.07, 6.45) is 2.54. The zero-order chi connectivity index (χ0) is 49.6. The van der Waals surface area contributed by atoms with Crippen LogP contribution in [0.5, 0.6) is 23.0 Å². The number of fused-ring (bicyclic) bond motifs is 8. The van der Waals surface area contributed by atoms with E-state index < -0.39 is 6.23 Å². The monoisotopic (exact) mass is 985 g/mol. The maximum Gasteiger partial charge on any atom is 0.260 e. The highest BCUT2D eigenvalue weighted by atomic mass is 32.2. The highest BCUT2D eigenvalue weighted by molar-refractivity contribution is 8.01. The van der Waals surface area contributed by atoms with Crippen LogP contribution in [0.1, 0.15) is 72.1 Å². The number of carbonyl (C=O) groups excluding carboxylic acids is 1. The summed E-state index contributed by atoms with van der Waals surface area (Å²) in [5.74, 6) is 1.92. The third-order valence-electron chi connectivity index (χ3n) is 13.3. The number of methoxy groups -OCH3 is 3. The van der Waals surface area contributed by atoms with Crippen LogP contribution in [0.4, 0.5) is 28.4 Å². The van der Waals surface area contributed by atoms with Crippen LogP contribution in [-0.4, -0.2) is 113 Å². The molecule has 0 radical (unpaired) electrons. The molecule has 3 unspecified atom stereocenters. The Balaban J connectivity index is 1.00. The van der Waals surface area contributed by atoms with Gasteiger partial charge in [-0.2, -0.15) is 11.8 Å². The van der Waals surface area contributed by atoms with E-state index in [4.69, 9.17) is 38.2 Å². The Labute approximate surface area is 422 Å². The summed E-state index contributed by atoms with van der Waals surface area (Å²) < 4.78 is 42.0. The Bertz CT molecular complexity index is 2710. The van der Waals surface area contributed by atoms with E-state index in [9.17, 15) is 9.90 Å². The number of rotatable bonds is 22. The smallest absolute Gasteiger partial charge is 0.260 e. The highest BCUT2D eigenvalue weighted by Gasteiger charge is 2.39. The molecule has 71 heavy (non-hydrogen) atoms. The van der Waals surface area contributed by atoms with Gasteiger partial charge in [-0.15, -0.1) is 0 Å². The number of ether oxygens (including phenoxy) is 7. The predicted molar refractivity (Wildman–Crippen MR) is 282 cm³/mol. The van der Waals surface area contributed by atoms with Crippen molar-refractivity contribution in [2.75, 3.05) is 94.0 Å². The van der Waals surface area contributed by atoms with E-state index >= 15 is 0 Å². The summed E-state index contributed by atoms with van der Waals surface area (Å²) in [6, 6.07) is 30.0. The van der Waals surface area contributed by atoms with Crippen molar-refractivity contribution in [3.8, 4) is 23.0 Å². The molecule has 9 rings (SSSR count). The average molecular weight is 986 g/mol. The fourth-order valence-corrected chi connectivity index (χ4v) is 11.8. The van der Waals surface area contributed by atoms with Crippen LogP contribution in [-0.2, 0) is 40.3 Å². The van der Waals surface area contributed by atoms with Crippen LogP contribution in [0.2, 0.25) is 0 Å². The van der Waals surface area contributed by atoms with Gasteiger partial charge in [0.1, 0.15) is 13.2 Å². The molecule has 14 nitrogen and oxygen atoms in total. The first-order chi connectivity index (χ1) is 34.4. The molecule has 4 aliphatic rings. The first-order valence-corrected chi connectivity index (χ1v) is 25.4. The number of anilines is 4. The van der Waals surface area contributed by atoms with Crippen molar-refractivity contribution < 1.29 is 43.1 Å². The van der Waals surface area contributed by atoms with Gasteiger partial charge in [0.05, 0.1) is 76.3 Å². The van der Waals surface area contributed by atoms with Crippen molar-refractivity contribution in [1.82, 2.24) is 0 Å². The molecule has 4 aliphatic heterocycles. The topological polar surface area (TPSA) is 136 Å².